The fourth-order valence-electron chi connectivity index (χ4n) is 3.12. The number of aromatic nitrogens is 1. The van der Waals surface area contributed by atoms with E-state index in [4.69, 9.17) is 0 Å². The van der Waals surface area contributed by atoms with Crippen LogP contribution in [0.4, 0.5) is 5.69 Å². The van der Waals surface area contributed by atoms with Crippen LogP contribution in [0.2, 0.25) is 0 Å². The van der Waals surface area contributed by atoms with Crippen LogP contribution in [0.5, 0.6) is 0 Å². The van der Waals surface area contributed by atoms with E-state index in [0.717, 1.165) is 24.6 Å². The number of halogens is 1. The van der Waals surface area contributed by atoms with Gasteiger partial charge in [0.1, 0.15) is 0 Å². The first-order chi connectivity index (χ1) is 15.5. The van der Waals surface area contributed by atoms with Crippen molar-refractivity contribution in [2.75, 3.05) is 11.1 Å². The summed E-state index contributed by atoms with van der Waals surface area (Å²) in [5.41, 5.74) is 3.19. The molecule has 4 aromatic rings. The van der Waals surface area contributed by atoms with Gasteiger partial charge in [-0.05, 0) is 58.7 Å². The number of nitrogens with one attached hydrogen (secondary N) is 2. The quantitative estimate of drug-likeness (QED) is 0.278. The summed E-state index contributed by atoms with van der Waals surface area (Å²) >= 11 is 6.32. The topological polar surface area (TPSA) is 71.1 Å². The maximum atomic E-state index is 12.5. The molecule has 32 heavy (non-hydrogen) atoms. The van der Waals surface area contributed by atoms with Crippen LogP contribution in [-0.2, 0) is 4.79 Å². The van der Waals surface area contributed by atoms with Crippen molar-refractivity contribution in [3.63, 3.8) is 0 Å². The van der Waals surface area contributed by atoms with Gasteiger partial charge < -0.3 is 10.6 Å². The summed E-state index contributed by atoms with van der Waals surface area (Å²) < 4.78 is 2.52. The van der Waals surface area contributed by atoms with Crippen molar-refractivity contribution in [1.29, 1.82) is 0 Å². The number of carbonyl (C=O) groups excluding carboxylic acids is 2. The van der Waals surface area contributed by atoms with Crippen LogP contribution in [0.1, 0.15) is 28.9 Å². The summed E-state index contributed by atoms with van der Waals surface area (Å²) in [6.07, 6.45) is 0. The Morgan fingerprint density at radius 1 is 1.06 bits per heavy atom. The molecule has 0 aliphatic rings. The van der Waals surface area contributed by atoms with E-state index in [1.165, 1.54) is 23.1 Å². The predicted molar refractivity (Wildman–Crippen MR) is 135 cm³/mol. The molecular weight excluding hydrogens is 506 g/mol. The second-order valence-corrected chi connectivity index (χ2v) is 10.2. The van der Waals surface area contributed by atoms with Crippen molar-refractivity contribution < 1.29 is 9.59 Å². The van der Waals surface area contributed by atoms with Crippen LogP contribution < -0.4 is 10.6 Å². The molecule has 0 radical (unpaired) electrons. The third kappa shape index (κ3) is 5.56. The molecule has 2 N–H and O–H groups in total. The molecule has 4 rings (SSSR count). The molecule has 0 unspecified atom stereocenters. The van der Waals surface area contributed by atoms with E-state index in [2.05, 4.69) is 31.5 Å². The number of nitrogens with zero attached hydrogens (tertiary/aromatic N) is 1. The van der Waals surface area contributed by atoms with Crippen LogP contribution in [0.3, 0.4) is 0 Å². The number of benzene rings is 3. The first-order valence-electron chi connectivity index (χ1n) is 9.93. The largest absolute Gasteiger partial charge is 0.349 e. The van der Waals surface area contributed by atoms with E-state index in [9.17, 15) is 9.59 Å². The number of rotatable bonds is 7. The fourth-order valence-corrected chi connectivity index (χ4v) is 5.51. The van der Waals surface area contributed by atoms with E-state index in [0.29, 0.717) is 17.0 Å². The van der Waals surface area contributed by atoms with Gasteiger partial charge in [-0.2, -0.15) is 0 Å². The zero-order valence-corrected chi connectivity index (χ0v) is 20.4. The average molecular weight is 526 g/mol. The smallest absolute Gasteiger partial charge is 0.256 e. The summed E-state index contributed by atoms with van der Waals surface area (Å²) in [5, 5.41) is 5.94. The van der Waals surface area contributed by atoms with Crippen LogP contribution >= 0.6 is 39.0 Å². The molecule has 2 amide bonds. The van der Waals surface area contributed by atoms with Crippen molar-refractivity contribution in [3.05, 3.63) is 88.4 Å². The Kier molecular flexibility index (Phi) is 7.24. The van der Waals surface area contributed by atoms with Crippen molar-refractivity contribution in [2.45, 2.75) is 17.3 Å². The Morgan fingerprint density at radius 3 is 2.59 bits per heavy atom. The van der Waals surface area contributed by atoms with Crippen molar-refractivity contribution in [2.24, 2.45) is 0 Å². The monoisotopic (exact) mass is 525 g/mol. The molecule has 0 fully saturated rings. The minimum Gasteiger partial charge on any atom is -0.349 e. The zero-order chi connectivity index (χ0) is 22.5. The highest BCUT2D eigenvalue weighted by atomic mass is 79.9. The number of thioether (sulfide) groups is 1. The number of hydrogen-bond donors (Lipinski definition) is 2. The van der Waals surface area contributed by atoms with Crippen LogP contribution in [0.15, 0.2) is 81.6 Å². The summed E-state index contributed by atoms with van der Waals surface area (Å²) in [7, 11) is 0. The van der Waals surface area contributed by atoms with Crippen molar-refractivity contribution in [1.82, 2.24) is 10.3 Å². The molecule has 0 bridgehead atoms. The maximum Gasteiger partial charge on any atom is 0.256 e. The van der Waals surface area contributed by atoms with Gasteiger partial charge >= 0.3 is 0 Å². The average Bonchev–Trinajstić information content (AvgIpc) is 3.21. The number of thiazole rings is 1. The number of carbonyl (C=O) groups is 2. The van der Waals surface area contributed by atoms with Gasteiger partial charge in [0.15, 0.2) is 4.34 Å². The minimum absolute atomic E-state index is 0.0352. The lowest BCUT2D eigenvalue weighted by molar-refractivity contribution is -0.119. The molecule has 162 valence electrons. The van der Waals surface area contributed by atoms with E-state index < -0.39 is 0 Å². The van der Waals surface area contributed by atoms with E-state index in [-0.39, 0.29) is 17.9 Å². The molecule has 0 aliphatic carbocycles. The second kappa shape index (κ2) is 10.3. The van der Waals surface area contributed by atoms with E-state index in [1.54, 1.807) is 6.07 Å². The van der Waals surface area contributed by atoms with Crippen molar-refractivity contribution >= 4 is 66.7 Å². The van der Waals surface area contributed by atoms with Gasteiger partial charge in [0.2, 0.25) is 5.91 Å². The number of hydrogen-bond acceptors (Lipinski definition) is 5. The molecule has 1 atom stereocenters. The summed E-state index contributed by atoms with van der Waals surface area (Å²) in [4.78, 5) is 29.5. The highest BCUT2D eigenvalue weighted by Crippen LogP contribution is 2.31. The molecule has 0 saturated carbocycles. The summed E-state index contributed by atoms with van der Waals surface area (Å²) in [5.74, 6) is 0.0787. The Balaban J connectivity index is 1.37. The highest BCUT2D eigenvalue weighted by molar-refractivity contribution is 9.10. The number of fused-ring (bicyclic) bond motifs is 1. The normalized spacial score (nSPS) is 11.8. The third-order valence-corrected chi connectivity index (χ3v) is 7.60. The minimum atomic E-state index is -0.180. The first kappa shape index (κ1) is 22.5. The molecule has 5 nitrogen and oxygen atoms in total. The summed E-state index contributed by atoms with van der Waals surface area (Å²) in [6.45, 7) is 1.97. The molecule has 3 aromatic carbocycles. The molecular formula is C24H20BrN3O2S2. The zero-order valence-electron chi connectivity index (χ0n) is 17.2. The van der Waals surface area contributed by atoms with Crippen LogP contribution in [0.25, 0.3) is 10.2 Å². The van der Waals surface area contributed by atoms with Gasteiger partial charge in [0.25, 0.3) is 5.91 Å². The van der Waals surface area contributed by atoms with E-state index in [1.807, 2.05) is 73.7 Å². The molecule has 1 heterocycles. The van der Waals surface area contributed by atoms with Gasteiger partial charge in [-0.3, -0.25) is 9.59 Å². The molecule has 1 aromatic heterocycles. The molecule has 0 spiro atoms. The Labute approximate surface area is 202 Å². The van der Waals surface area contributed by atoms with Crippen LogP contribution in [-0.4, -0.2) is 22.6 Å². The lowest BCUT2D eigenvalue weighted by Gasteiger charge is -2.13. The van der Waals surface area contributed by atoms with Gasteiger partial charge in [0.05, 0.1) is 27.6 Å². The lowest BCUT2D eigenvalue weighted by atomic mass is 10.1. The predicted octanol–water partition coefficient (Wildman–Crippen LogP) is 6.28. The first-order valence-corrected chi connectivity index (χ1v) is 12.5. The lowest BCUT2D eigenvalue weighted by Crippen LogP contribution is -2.28. The molecule has 0 saturated heterocycles. The maximum absolute atomic E-state index is 12.5. The molecule has 0 aliphatic heterocycles. The van der Waals surface area contributed by atoms with E-state index >= 15 is 0 Å². The van der Waals surface area contributed by atoms with Gasteiger partial charge in [-0.1, -0.05) is 54.2 Å². The SMILES string of the molecule is C[C@H](NC(=O)CSc1nc2ccc(NC(=O)c3ccccc3Br)cc2s1)c1ccccc1. The third-order valence-electron chi connectivity index (χ3n) is 4.75. The number of anilines is 1. The Bertz CT molecular complexity index is 1260. The van der Waals surface area contributed by atoms with Gasteiger partial charge in [0, 0.05) is 10.2 Å². The molecule has 8 heteroatoms. The Morgan fingerprint density at radius 2 is 1.81 bits per heavy atom. The highest BCUT2D eigenvalue weighted by Gasteiger charge is 2.13. The standard InChI is InChI=1S/C24H20BrN3O2S2/c1-15(16-7-3-2-4-8-16)26-22(29)14-31-24-28-20-12-11-17(13-21(20)32-24)27-23(30)18-9-5-6-10-19(18)25/h2-13,15H,14H2,1H3,(H,26,29)(H,27,30)/t15-/m0/s1. The number of amides is 2. The van der Waals surface area contributed by atoms with Crippen molar-refractivity contribution in [3.8, 4) is 0 Å². The van der Waals surface area contributed by atoms with Gasteiger partial charge in [-0.25, -0.2) is 4.98 Å². The second-order valence-electron chi connectivity index (χ2n) is 7.08. The summed E-state index contributed by atoms with van der Waals surface area (Å²) in [6, 6.07) is 22.7. The fraction of sp³-hybridized carbons (Fsp3) is 0.125. The Hall–Kier alpha value is -2.68. The van der Waals surface area contributed by atoms with Gasteiger partial charge in [-0.15, -0.1) is 11.3 Å². The van der Waals surface area contributed by atoms with Crippen LogP contribution in [0, 0.1) is 0 Å².